The molecule has 122 valence electrons. The van der Waals surface area contributed by atoms with E-state index >= 15 is 0 Å². The molecule has 0 aliphatic rings. The lowest BCUT2D eigenvalue weighted by molar-refractivity contribution is -0.118. The van der Waals surface area contributed by atoms with E-state index in [4.69, 9.17) is 9.47 Å². The molecule has 1 amide bonds. The largest absolute Gasteiger partial charge is 0.494 e. The molecule has 0 aliphatic heterocycles. The van der Waals surface area contributed by atoms with E-state index in [0.29, 0.717) is 18.0 Å². The lowest BCUT2D eigenvalue weighted by Crippen LogP contribution is -2.20. The van der Waals surface area contributed by atoms with Crippen molar-refractivity contribution in [3.05, 3.63) is 66.7 Å². The summed E-state index contributed by atoms with van der Waals surface area (Å²) in [6.07, 6.45) is 0. The zero-order valence-corrected chi connectivity index (χ0v) is 13.5. The molecule has 24 heavy (non-hydrogen) atoms. The van der Waals surface area contributed by atoms with Gasteiger partial charge in [-0.2, -0.15) is 0 Å². The molecule has 0 unspecified atom stereocenters. The second kappa shape index (κ2) is 7.51. The van der Waals surface area contributed by atoms with Crippen LogP contribution in [0.3, 0.4) is 0 Å². The molecule has 4 heteroatoms. The normalized spacial score (nSPS) is 10.4. The van der Waals surface area contributed by atoms with Crippen LogP contribution in [0.1, 0.15) is 6.92 Å². The maximum Gasteiger partial charge on any atom is 0.262 e. The lowest BCUT2D eigenvalue weighted by atomic mass is 10.1. The van der Waals surface area contributed by atoms with Crippen molar-refractivity contribution in [3.8, 4) is 11.5 Å². The Morgan fingerprint density at radius 1 is 0.917 bits per heavy atom. The van der Waals surface area contributed by atoms with Gasteiger partial charge < -0.3 is 14.8 Å². The van der Waals surface area contributed by atoms with Crippen LogP contribution in [0.2, 0.25) is 0 Å². The third-order valence-corrected chi connectivity index (χ3v) is 3.56. The summed E-state index contributed by atoms with van der Waals surface area (Å²) in [4.78, 5) is 12.1. The SMILES string of the molecule is CCOc1ccc(NC(=O)COc2cccc3ccccc23)cc1. The van der Waals surface area contributed by atoms with Crippen molar-refractivity contribution in [2.24, 2.45) is 0 Å². The second-order valence-corrected chi connectivity index (χ2v) is 5.27. The second-order valence-electron chi connectivity index (χ2n) is 5.27. The number of ether oxygens (including phenoxy) is 2. The molecule has 3 rings (SSSR count). The first-order chi connectivity index (χ1) is 11.8. The molecule has 0 heterocycles. The van der Waals surface area contributed by atoms with Crippen LogP contribution in [0, 0.1) is 0 Å². The van der Waals surface area contributed by atoms with E-state index in [2.05, 4.69) is 5.32 Å². The number of carbonyl (C=O) groups is 1. The van der Waals surface area contributed by atoms with Crippen LogP contribution in [0.25, 0.3) is 10.8 Å². The molecule has 0 saturated heterocycles. The Morgan fingerprint density at radius 3 is 2.46 bits per heavy atom. The highest BCUT2D eigenvalue weighted by Gasteiger charge is 2.06. The molecule has 0 spiro atoms. The van der Waals surface area contributed by atoms with Crippen molar-refractivity contribution >= 4 is 22.4 Å². The number of benzene rings is 3. The summed E-state index contributed by atoms with van der Waals surface area (Å²) in [6.45, 7) is 2.51. The first-order valence-electron chi connectivity index (χ1n) is 7.89. The van der Waals surface area contributed by atoms with Crippen LogP contribution >= 0.6 is 0 Å². The van der Waals surface area contributed by atoms with E-state index in [1.807, 2.05) is 61.5 Å². The summed E-state index contributed by atoms with van der Waals surface area (Å²) in [5.41, 5.74) is 0.713. The third-order valence-electron chi connectivity index (χ3n) is 3.56. The number of rotatable bonds is 6. The average molecular weight is 321 g/mol. The smallest absolute Gasteiger partial charge is 0.262 e. The highest BCUT2D eigenvalue weighted by atomic mass is 16.5. The molecule has 0 fully saturated rings. The fraction of sp³-hybridized carbons (Fsp3) is 0.150. The number of fused-ring (bicyclic) bond motifs is 1. The number of anilines is 1. The number of hydrogen-bond acceptors (Lipinski definition) is 3. The average Bonchev–Trinajstić information content (AvgIpc) is 2.62. The summed E-state index contributed by atoms with van der Waals surface area (Å²) in [6, 6.07) is 21.0. The van der Waals surface area contributed by atoms with E-state index in [0.717, 1.165) is 16.5 Å². The molecule has 0 aromatic heterocycles. The van der Waals surface area contributed by atoms with Crippen LogP contribution in [0.15, 0.2) is 66.7 Å². The lowest BCUT2D eigenvalue weighted by Gasteiger charge is -2.10. The zero-order valence-electron chi connectivity index (χ0n) is 13.5. The van der Waals surface area contributed by atoms with Gasteiger partial charge in [0.05, 0.1) is 6.61 Å². The Labute approximate surface area is 141 Å². The van der Waals surface area contributed by atoms with Crippen LogP contribution < -0.4 is 14.8 Å². The van der Waals surface area contributed by atoms with Gasteiger partial charge in [-0.05, 0) is 42.6 Å². The fourth-order valence-corrected chi connectivity index (χ4v) is 2.46. The van der Waals surface area contributed by atoms with Crippen LogP contribution in [0.5, 0.6) is 11.5 Å². The topological polar surface area (TPSA) is 47.6 Å². The standard InChI is InChI=1S/C20H19NO3/c1-2-23-17-12-10-16(11-13-17)21-20(22)14-24-19-9-5-7-15-6-3-4-8-18(15)19/h3-13H,2,14H2,1H3,(H,21,22). The maximum absolute atomic E-state index is 12.1. The number of carbonyl (C=O) groups excluding carboxylic acids is 1. The highest BCUT2D eigenvalue weighted by Crippen LogP contribution is 2.25. The first-order valence-corrected chi connectivity index (χ1v) is 7.89. The molecule has 0 radical (unpaired) electrons. The van der Waals surface area contributed by atoms with Crippen LogP contribution in [-0.2, 0) is 4.79 Å². The summed E-state index contributed by atoms with van der Waals surface area (Å²) < 4.78 is 11.1. The fourth-order valence-electron chi connectivity index (χ4n) is 2.46. The number of amides is 1. The molecule has 0 aliphatic carbocycles. The molecule has 0 atom stereocenters. The quantitative estimate of drug-likeness (QED) is 0.738. The number of nitrogens with one attached hydrogen (secondary N) is 1. The van der Waals surface area contributed by atoms with Gasteiger partial charge in [0.1, 0.15) is 11.5 Å². The molecule has 0 bridgehead atoms. The summed E-state index contributed by atoms with van der Waals surface area (Å²) in [5, 5.41) is 4.89. The number of hydrogen-bond donors (Lipinski definition) is 1. The van der Waals surface area contributed by atoms with Crippen LogP contribution in [-0.4, -0.2) is 19.1 Å². The van der Waals surface area contributed by atoms with Crippen molar-refractivity contribution in [2.45, 2.75) is 6.92 Å². The van der Waals surface area contributed by atoms with Gasteiger partial charge in [0.15, 0.2) is 6.61 Å². The summed E-state index contributed by atoms with van der Waals surface area (Å²) in [5.74, 6) is 1.28. The predicted octanol–water partition coefficient (Wildman–Crippen LogP) is 4.26. The minimum atomic E-state index is -0.202. The van der Waals surface area contributed by atoms with Gasteiger partial charge in [-0.25, -0.2) is 0 Å². The molecule has 3 aromatic rings. The Morgan fingerprint density at radius 2 is 1.67 bits per heavy atom. The van der Waals surface area contributed by atoms with Gasteiger partial charge in [-0.15, -0.1) is 0 Å². The summed E-state index contributed by atoms with van der Waals surface area (Å²) >= 11 is 0. The van der Waals surface area contributed by atoms with Gasteiger partial charge in [-0.1, -0.05) is 36.4 Å². The Bertz CT molecular complexity index is 822. The first kappa shape index (κ1) is 15.9. The predicted molar refractivity (Wildman–Crippen MR) is 95.7 cm³/mol. The third kappa shape index (κ3) is 3.84. The molecule has 4 nitrogen and oxygen atoms in total. The maximum atomic E-state index is 12.1. The van der Waals surface area contributed by atoms with Gasteiger partial charge in [-0.3, -0.25) is 4.79 Å². The summed E-state index contributed by atoms with van der Waals surface area (Å²) in [7, 11) is 0. The Hall–Kier alpha value is -3.01. The van der Waals surface area contributed by atoms with Crippen molar-refractivity contribution in [3.63, 3.8) is 0 Å². The Kier molecular flexibility index (Phi) is 4.96. The van der Waals surface area contributed by atoms with Crippen molar-refractivity contribution < 1.29 is 14.3 Å². The zero-order chi connectivity index (χ0) is 16.8. The monoisotopic (exact) mass is 321 g/mol. The van der Waals surface area contributed by atoms with E-state index < -0.39 is 0 Å². The van der Waals surface area contributed by atoms with Crippen molar-refractivity contribution in [1.82, 2.24) is 0 Å². The van der Waals surface area contributed by atoms with Gasteiger partial charge in [0.2, 0.25) is 0 Å². The molecular weight excluding hydrogens is 302 g/mol. The van der Waals surface area contributed by atoms with E-state index in [9.17, 15) is 4.79 Å². The van der Waals surface area contributed by atoms with Gasteiger partial charge in [0.25, 0.3) is 5.91 Å². The highest BCUT2D eigenvalue weighted by molar-refractivity contribution is 5.93. The van der Waals surface area contributed by atoms with Crippen molar-refractivity contribution in [2.75, 3.05) is 18.5 Å². The van der Waals surface area contributed by atoms with Crippen molar-refractivity contribution in [1.29, 1.82) is 0 Å². The van der Waals surface area contributed by atoms with E-state index in [-0.39, 0.29) is 12.5 Å². The van der Waals surface area contributed by atoms with E-state index in [1.165, 1.54) is 0 Å². The molecule has 1 N–H and O–H groups in total. The molecule has 3 aromatic carbocycles. The minimum Gasteiger partial charge on any atom is -0.494 e. The minimum absolute atomic E-state index is 0.0405. The molecular formula is C20H19NO3. The van der Waals surface area contributed by atoms with Gasteiger partial charge in [0, 0.05) is 11.1 Å². The Balaban J connectivity index is 1.60. The van der Waals surface area contributed by atoms with Crippen LogP contribution in [0.4, 0.5) is 5.69 Å². The van der Waals surface area contributed by atoms with E-state index in [1.54, 1.807) is 12.1 Å². The molecule has 0 saturated carbocycles. The van der Waals surface area contributed by atoms with Gasteiger partial charge >= 0.3 is 0 Å².